The number of thiophene rings is 1. The van der Waals surface area contributed by atoms with Crippen LogP contribution in [0.2, 0.25) is 0 Å². The second-order valence-electron chi connectivity index (χ2n) is 5.51. The van der Waals surface area contributed by atoms with Crippen LogP contribution in [0.15, 0.2) is 16.3 Å². The third kappa shape index (κ3) is 2.87. The Labute approximate surface area is 126 Å². The molecule has 0 saturated heterocycles. The minimum absolute atomic E-state index is 0.116. The molecule has 3 rings (SSSR count). The molecule has 1 N–H and O–H groups in total. The molecule has 2 aliphatic carbocycles. The molecule has 20 heavy (non-hydrogen) atoms. The summed E-state index contributed by atoms with van der Waals surface area (Å²) in [5, 5.41) is 2.92. The second-order valence-corrected chi connectivity index (χ2v) is 9.48. The predicted octanol–water partition coefficient (Wildman–Crippen LogP) is 2.73. The van der Waals surface area contributed by atoms with Gasteiger partial charge in [-0.05, 0) is 36.8 Å². The van der Waals surface area contributed by atoms with E-state index < -0.39 is 9.05 Å². The average molecular weight is 334 g/mol. The summed E-state index contributed by atoms with van der Waals surface area (Å²) in [5.74, 6) is 1.48. The number of halogens is 1. The molecular weight excluding hydrogens is 318 g/mol. The van der Waals surface area contributed by atoms with Gasteiger partial charge in [-0.2, -0.15) is 0 Å². The fourth-order valence-electron chi connectivity index (χ4n) is 3.26. The Bertz CT molecular complexity index is 613. The highest BCUT2D eigenvalue weighted by molar-refractivity contribution is 8.15. The topological polar surface area (TPSA) is 63.2 Å². The van der Waals surface area contributed by atoms with Gasteiger partial charge in [0.05, 0.1) is 6.54 Å². The Morgan fingerprint density at radius 2 is 1.95 bits per heavy atom. The molecule has 0 aliphatic heterocycles. The Morgan fingerprint density at radius 3 is 2.50 bits per heavy atom. The fourth-order valence-corrected chi connectivity index (χ4v) is 5.32. The minimum atomic E-state index is -3.66. The van der Waals surface area contributed by atoms with Crippen LogP contribution in [-0.4, -0.2) is 14.3 Å². The second kappa shape index (κ2) is 5.31. The average Bonchev–Trinajstić information content (AvgIpc) is 2.91. The Hall–Kier alpha value is -0.590. The van der Waals surface area contributed by atoms with Crippen molar-refractivity contribution in [2.24, 2.45) is 17.8 Å². The maximum absolute atomic E-state index is 12.1. The zero-order valence-electron chi connectivity index (χ0n) is 10.8. The van der Waals surface area contributed by atoms with Crippen molar-refractivity contribution in [2.45, 2.75) is 36.4 Å². The summed E-state index contributed by atoms with van der Waals surface area (Å²) in [6.07, 6.45) is 4.84. The molecule has 110 valence electrons. The summed E-state index contributed by atoms with van der Waals surface area (Å²) >= 11 is 1.10. The number of carbonyl (C=O) groups is 1. The van der Waals surface area contributed by atoms with Crippen molar-refractivity contribution in [2.75, 3.05) is 0 Å². The van der Waals surface area contributed by atoms with E-state index in [2.05, 4.69) is 5.32 Å². The zero-order chi connectivity index (χ0) is 14.3. The lowest BCUT2D eigenvalue weighted by molar-refractivity contribution is -0.123. The molecule has 0 radical (unpaired) electrons. The van der Waals surface area contributed by atoms with Crippen LogP contribution >= 0.6 is 22.0 Å². The van der Waals surface area contributed by atoms with Crippen molar-refractivity contribution >= 4 is 37.0 Å². The third-order valence-corrected chi connectivity index (χ3v) is 7.45. The van der Waals surface area contributed by atoms with Gasteiger partial charge in [0, 0.05) is 21.5 Å². The molecule has 4 nitrogen and oxygen atoms in total. The van der Waals surface area contributed by atoms with E-state index in [0.29, 0.717) is 18.4 Å². The van der Waals surface area contributed by atoms with E-state index in [4.69, 9.17) is 10.7 Å². The summed E-state index contributed by atoms with van der Waals surface area (Å²) in [7, 11) is 1.61. The van der Waals surface area contributed by atoms with Gasteiger partial charge in [0.1, 0.15) is 4.21 Å². The van der Waals surface area contributed by atoms with Crippen molar-refractivity contribution in [1.29, 1.82) is 0 Å². The maximum atomic E-state index is 12.1. The number of hydrogen-bond donors (Lipinski definition) is 1. The van der Waals surface area contributed by atoms with Crippen molar-refractivity contribution in [1.82, 2.24) is 5.32 Å². The molecule has 2 unspecified atom stereocenters. The summed E-state index contributed by atoms with van der Waals surface area (Å²) in [5.41, 5.74) is 0. The lowest BCUT2D eigenvalue weighted by Gasteiger charge is -2.04. The number of carbonyl (C=O) groups excluding carboxylic acids is 1. The summed E-state index contributed by atoms with van der Waals surface area (Å²) in [4.78, 5) is 12.9. The highest BCUT2D eigenvalue weighted by atomic mass is 35.7. The first-order valence-corrected chi connectivity index (χ1v) is 9.90. The van der Waals surface area contributed by atoms with Gasteiger partial charge in [0.25, 0.3) is 9.05 Å². The Kier molecular flexibility index (Phi) is 3.81. The van der Waals surface area contributed by atoms with E-state index >= 15 is 0 Å². The van der Waals surface area contributed by atoms with E-state index in [1.54, 1.807) is 6.07 Å². The van der Waals surface area contributed by atoms with E-state index in [1.165, 1.54) is 31.7 Å². The van der Waals surface area contributed by atoms with Crippen molar-refractivity contribution in [3.8, 4) is 0 Å². The molecule has 1 aromatic rings. The minimum Gasteiger partial charge on any atom is -0.351 e. The number of fused-ring (bicyclic) bond motifs is 1. The molecule has 7 heteroatoms. The van der Waals surface area contributed by atoms with Crippen LogP contribution in [0.5, 0.6) is 0 Å². The highest BCUT2D eigenvalue weighted by Gasteiger charge is 2.54. The molecule has 1 amide bonds. The van der Waals surface area contributed by atoms with Crippen LogP contribution < -0.4 is 5.32 Å². The van der Waals surface area contributed by atoms with Crippen molar-refractivity contribution in [3.63, 3.8) is 0 Å². The lowest BCUT2D eigenvalue weighted by Crippen LogP contribution is -2.25. The first-order chi connectivity index (χ1) is 9.47. The largest absolute Gasteiger partial charge is 0.351 e. The molecule has 1 heterocycles. The molecule has 0 bridgehead atoms. The van der Waals surface area contributed by atoms with Crippen LogP contribution in [0.25, 0.3) is 0 Å². The van der Waals surface area contributed by atoms with Gasteiger partial charge in [0.15, 0.2) is 0 Å². The van der Waals surface area contributed by atoms with Gasteiger partial charge in [-0.3, -0.25) is 4.79 Å². The van der Waals surface area contributed by atoms with Gasteiger partial charge >= 0.3 is 0 Å². The third-order valence-electron chi connectivity index (χ3n) is 4.27. The van der Waals surface area contributed by atoms with Crippen LogP contribution in [0.1, 0.15) is 30.6 Å². The van der Waals surface area contributed by atoms with Crippen LogP contribution in [0.3, 0.4) is 0 Å². The molecular formula is C13H16ClNO3S2. The van der Waals surface area contributed by atoms with Crippen molar-refractivity contribution in [3.05, 3.63) is 17.0 Å². The van der Waals surface area contributed by atoms with E-state index in [9.17, 15) is 13.2 Å². The molecule has 0 spiro atoms. The number of hydrogen-bond acceptors (Lipinski definition) is 4. The van der Waals surface area contributed by atoms with Gasteiger partial charge in [0.2, 0.25) is 5.91 Å². The number of nitrogens with one attached hydrogen (secondary N) is 1. The molecule has 2 fully saturated rings. The Morgan fingerprint density at radius 1 is 1.30 bits per heavy atom. The summed E-state index contributed by atoms with van der Waals surface area (Å²) in [6.45, 7) is 0.381. The standard InChI is InChI=1S/C13H16ClNO3S2/c14-20(17,18)11-6-5-8(19-11)7-15-13(16)12-9-3-1-2-4-10(9)12/h5-6,9-10,12H,1-4,7H2,(H,15,16). The molecule has 1 aromatic heterocycles. The number of rotatable bonds is 4. The molecule has 2 atom stereocenters. The fraction of sp³-hybridized carbons (Fsp3) is 0.615. The normalized spacial score (nSPS) is 28.8. The molecule has 0 aromatic carbocycles. The quantitative estimate of drug-likeness (QED) is 0.862. The molecule has 2 saturated carbocycles. The van der Waals surface area contributed by atoms with Gasteiger partial charge in [-0.25, -0.2) is 8.42 Å². The Balaban J connectivity index is 1.55. The van der Waals surface area contributed by atoms with E-state index in [0.717, 1.165) is 16.2 Å². The first-order valence-electron chi connectivity index (χ1n) is 6.78. The van der Waals surface area contributed by atoms with Crippen LogP contribution in [-0.2, 0) is 20.4 Å². The maximum Gasteiger partial charge on any atom is 0.270 e. The predicted molar refractivity (Wildman–Crippen MR) is 78.1 cm³/mol. The first kappa shape index (κ1) is 14.4. The van der Waals surface area contributed by atoms with Gasteiger partial charge in [-0.15, -0.1) is 11.3 Å². The zero-order valence-corrected chi connectivity index (χ0v) is 13.2. The van der Waals surface area contributed by atoms with Gasteiger partial charge in [-0.1, -0.05) is 12.8 Å². The SMILES string of the molecule is O=C(NCc1ccc(S(=O)(=O)Cl)s1)C1C2CCCCC21. The van der Waals surface area contributed by atoms with Crippen LogP contribution in [0.4, 0.5) is 0 Å². The highest BCUT2D eigenvalue weighted by Crippen LogP contribution is 2.55. The lowest BCUT2D eigenvalue weighted by atomic mass is 10.0. The van der Waals surface area contributed by atoms with E-state index in [-0.39, 0.29) is 16.0 Å². The van der Waals surface area contributed by atoms with Gasteiger partial charge < -0.3 is 5.32 Å². The van der Waals surface area contributed by atoms with E-state index in [1.807, 2.05) is 0 Å². The molecule has 2 aliphatic rings. The van der Waals surface area contributed by atoms with Crippen LogP contribution in [0, 0.1) is 17.8 Å². The monoisotopic (exact) mass is 333 g/mol. The summed E-state index contributed by atoms with van der Waals surface area (Å²) < 4.78 is 22.5. The summed E-state index contributed by atoms with van der Waals surface area (Å²) in [6, 6.07) is 3.17. The van der Waals surface area contributed by atoms with Crippen molar-refractivity contribution < 1.29 is 13.2 Å². The smallest absolute Gasteiger partial charge is 0.270 e. The number of amides is 1.